The van der Waals surface area contributed by atoms with Crippen molar-refractivity contribution in [3.05, 3.63) is 29.8 Å². The molecule has 2 N–H and O–H groups in total. The zero-order valence-corrected chi connectivity index (χ0v) is 16.6. The summed E-state index contributed by atoms with van der Waals surface area (Å²) in [5, 5.41) is 3.16. The molecular weight excluding hydrogens is 382 g/mol. The molecule has 1 aromatic rings. The Bertz CT molecular complexity index is 691. The molecule has 2 aliphatic heterocycles. The fourth-order valence-corrected chi connectivity index (χ4v) is 5.17. The summed E-state index contributed by atoms with van der Waals surface area (Å²) in [5.41, 5.74) is 1.02. The first-order chi connectivity index (χ1) is 11.5. The minimum atomic E-state index is -3.55. The Hall–Kier alpha value is -0.800. The maximum atomic E-state index is 12.5. The van der Waals surface area contributed by atoms with E-state index in [9.17, 15) is 13.2 Å². The van der Waals surface area contributed by atoms with Gasteiger partial charge in [-0.3, -0.25) is 4.79 Å². The van der Waals surface area contributed by atoms with Gasteiger partial charge in [-0.05, 0) is 25.5 Å². The van der Waals surface area contributed by atoms with E-state index < -0.39 is 10.0 Å². The minimum Gasteiger partial charge on any atom is -0.340 e. The Morgan fingerprint density at radius 3 is 2.52 bits per heavy atom. The van der Waals surface area contributed by atoms with Crippen LogP contribution in [-0.2, 0) is 14.8 Å². The van der Waals surface area contributed by atoms with Crippen molar-refractivity contribution in [2.24, 2.45) is 0 Å². The van der Waals surface area contributed by atoms with E-state index in [0.717, 1.165) is 30.2 Å². The van der Waals surface area contributed by atoms with Crippen molar-refractivity contribution in [3.8, 4) is 0 Å². The normalized spacial score (nSPS) is 24.0. The molecule has 0 radical (unpaired) electrons. The Morgan fingerprint density at radius 2 is 1.88 bits per heavy atom. The van der Waals surface area contributed by atoms with Crippen LogP contribution in [0, 0.1) is 6.92 Å². The van der Waals surface area contributed by atoms with Crippen LogP contribution < -0.4 is 10.0 Å². The molecule has 1 aromatic carbocycles. The zero-order chi connectivity index (χ0) is 17.2. The number of thioether (sulfide) groups is 1. The number of nitrogens with zero attached hydrogens (tertiary/aromatic N) is 1. The summed E-state index contributed by atoms with van der Waals surface area (Å²) < 4.78 is 27.6. The summed E-state index contributed by atoms with van der Waals surface area (Å²) in [6, 6.07) is 6.22. The summed E-state index contributed by atoms with van der Waals surface area (Å²) in [6.45, 7) is 3.95. The Labute approximate surface area is 159 Å². The lowest BCUT2D eigenvalue weighted by Gasteiger charge is -2.28. The van der Waals surface area contributed by atoms with Crippen molar-refractivity contribution >= 4 is 40.1 Å². The van der Waals surface area contributed by atoms with Gasteiger partial charge >= 0.3 is 0 Å². The molecule has 0 aliphatic carbocycles. The molecule has 0 unspecified atom stereocenters. The molecule has 140 valence electrons. The van der Waals surface area contributed by atoms with Gasteiger partial charge in [-0.2, -0.15) is 11.8 Å². The third-order valence-corrected chi connectivity index (χ3v) is 6.88. The Balaban J connectivity index is 0.00000225. The van der Waals surface area contributed by atoms with E-state index in [4.69, 9.17) is 0 Å². The molecule has 0 saturated carbocycles. The highest BCUT2D eigenvalue weighted by molar-refractivity contribution is 7.99. The molecule has 0 bridgehead atoms. The van der Waals surface area contributed by atoms with Crippen LogP contribution in [-0.4, -0.2) is 62.4 Å². The largest absolute Gasteiger partial charge is 0.340 e. The average molecular weight is 406 g/mol. The third kappa shape index (κ3) is 5.10. The van der Waals surface area contributed by atoms with Gasteiger partial charge in [-0.25, -0.2) is 13.1 Å². The summed E-state index contributed by atoms with van der Waals surface area (Å²) in [7, 11) is -3.55. The quantitative estimate of drug-likeness (QED) is 0.781. The van der Waals surface area contributed by atoms with E-state index in [2.05, 4.69) is 10.0 Å². The van der Waals surface area contributed by atoms with E-state index in [0.29, 0.717) is 13.0 Å². The average Bonchev–Trinajstić information content (AvgIpc) is 3.03. The molecule has 2 heterocycles. The number of halogens is 1. The van der Waals surface area contributed by atoms with Gasteiger partial charge in [0.25, 0.3) is 0 Å². The summed E-state index contributed by atoms with van der Waals surface area (Å²) in [4.78, 5) is 14.6. The highest BCUT2D eigenvalue weighted by Gasteiger charge is 2.34. The molecule has 25 heavy (non-hydrogen) atoms. The van der Waals surface area contributed by atoms with Gasteiger partial charge in [0.05, 0.1) is 10.9 Å². The van der Waals surface area contributed by atoms with Gasteiger partial charge < -0.3 is 10.2 Å². The molecule has 2 fully saturated rings. The lowest BCUT2D eigenvalue weighted by molar-refractivity contribution is -0.132. The van der Waals surface area contributed by atoms with Crippen LogP contribution in [0.15, 0.2) is 29.2 Å². The molecule has 2 aliphatic rings. The fourth-order valence-electron chi connectivity index (χ4n) is 3.02. The smallest absolute Gasteiger partial charge is 0.240 e. The van der Waals surface area contributed by atoms with Gasteiger partial charge in [-0.15, -0.1) is 12.4 Å². The predicted octanol–water partition coefficient (Wildman–Crippen LogP) is 1.00. The van der Waals surface area contributed by atoms with Crippen molar-refractivity contribution in [2.45, 2.75) is 30.3 Å². The third-order valence-electron chi connectivity index (χ3n) is 4.40. The second-order valence-electron chi connectivity index (χ2n) is 6.27. The summed E-state index contributed by atoms with van der Waals surface area (Å²) >= 11 is 1.86. The van der Waals surface area contributed by atoms with E-state index >= 15 is 0 Å². The van der Waals surface area contributed by atoms with E-state index in [1.54, 1.807) is 24.3 Å². The molecule has 2 atom stereocenters. The van der Waals surface area contributed by atoms with Gasteiger partial charge in [0.1, 0.15) is 0 Å². The number of carbonyl (C=O) groups excluding carboxylic acids is 1. The van der Waals surface area contributed by atoms with Crippen LogP contribution in [0.2, 0.25) is 0 Å². The number of nitrogens with one attached hydrogen (secondary N) is 2. The number of benzene rings is 1. The molecule has 2 saturated heterocycles. The number of carbonyl (C=O) groups is 1. The van der Waals surface area contributed by atoms with Gasteiger partial charge in [0, 0.05) is 37.2 Å². The zero-order valence-electron chi connectivity index (χ0n) is 14.1. The van der Waals surface area contributed by atoms with Crippen molar-refractivity contribution < 1.29 is 13.2 Å². The first kappa shape index (κ1) is 20.5. The Kier molecular flexibility index (Phi) is 7.16. The number of sulfonamides is 1. The molecule has 0 spiro atoms. The molecule has 9 heteroatoms. The molecule has 3 rings (SSSR count). The maximum absolute atomic E-state index is 12.5. The number of aryl methyl sites for hydroxylation is 1. The van der Waals surface area contributed by atoms with Gasteiger partial charge in [-0.1, -0.05) is 17.7 Å². The van der Waals surface area contributed by atoms with E-state index in [-0.39, 0.29) is 35.3 Å². The highest BCUT2D eigenvalue weighted by atomic mass is 35.5. The van der Waals surface area contributed by atoms with Crippen molar-refractivity contribution in [1.29, 1.82) is 0 Å². The summed E-state index contributed by atoms with van der Waals surface area (Å²) in [5.74, 6) is 2.04. The second-order valence-corrected chi connectivity index (χ2v) is 9.20. The van der Waals surface area contributed by atoms with Crippen molar-refractivity contribution in [3.63, 3.8) is 0 Å². The maximum Gasteiger partial charge on any atom is 0.240 e. The van der Waals surface area contributed by atoms with Crippen LogP contribution in [0.3, 0.4) is 0 Å². The molecule has 6 nitrogen and oxygen atoms in total. The van der Waals surface area contributed by atoms with Crippen LogP contribution in [0.1, 0.15) is 12.0 Å². The monoisotopic (exact) mass is 405 g/mol. The number of rotatable bonds is 4. The lowest BCUT2D eigenvalue weighted by Crippen LogP contribution is -2.47. The van der Waals surface area contributed by atoms with E-state index in [1.807, 2.05) is 23.6 Å². The molecule has 0 aromatic heterocycles. The van der Waals surface area contributed by atoms with Crippen molar-refractivity contribution in [2.75, 3.05) is 31.1 Å². The standard InChI is InChI=1S/C16H23N3O3S2.ClH/c1-12-2-4-14(5-3-12)24(21,22)18-13-10-15(17-11-13)16(20)19-6-8-23-9-7-19;/h2-5,13,15,17-18H,6-11H2,1H3;1H/t13-,15-;/m0./s1. The Morgan fingerprint density at radius 1 is 1.24 bits per heavy atom. The van der Waals surface area contributed by atoms with E-state index in [1.165, 1.54) is 0 Å². The first-order valence-electron chi connectivity index (χ1n) is 8.14. The fraction of sp³-hybridized carbons (Fsp3) is 0.562. The summed E-state index contributed by atoms with van der Waals surface area (Å²) in [6.07, 6.45) is 0.494. The topological polar surface area (TPSA) is 78.5 Å². The van der Waals surface area contributed by atoms with Crippen LogP contribution in [0.4, 0.5) is 0 Å². The van der Waals surface area contributed by atoms with Crippen LogP contribution >= 0.6 is 24.2 Å². The lowest BCUT2D eigenvalue weighted by atomic mass is 10.1. The van der Waals surface area contributed by atoms with Crippen molar-refractivity contribution in [1.82, 2.24) is 14.9 Å². The number of hydrogen-bond acceptors (Lipinski definition) is 5. The first-order valence-corrected chi connectivity index (χ1v) is 10.8. The van der Waals surface area contributed by atoms with Crippen LogP contribution in [0.25, 0.3) is 0 Å². The number of hydrogen-bond donors (Lipinski definition) is 2. The second kappa shape index (κ2) is 8.73. The SMILES string of the molecule is Cc1ccc(S(=O)(=O)N[C@@H]2CN[C@H](C(=O)N3CCSCC3)C2)cc1.Cl. The predicted molar refractivity (Wildman–Crippen MR) is 103 cm³/mol. The molecule has 1 amide bonds. The van der Waals surface area contributed by atoms with Crippen LogP contribution in [0.5, 0.6) is 0 Å². The highest BCUT2D eigenvalue weighted by Crippen LogP contribution is 2.17. The van der Waals surface area contributed by atoms with Gasteiger partial charge in [0.15, 0.2) is 0 Å². The number of amides is 1. The molecular formula is C16H24ClN3O3S2. The van der Waals surface area contributed by atoms with Gasteiger partial charge in [0.2, 0.25) is 15.9 Å². The minimum absolute atomic E-state index is 0.